The fourth-order valence-electron chi connectivity index (χ4n) is 2.63. The first-order valence-corrected chi connectivity index (χ1v) is 8.02. The van der Waals surface area contributed by atoms with E-state index in [2.05, 4.69) is 10.6 Å². The fraction of sp³-hybridized carbons (Fsp3) is 0.571. The van der Waals surface area contributed by atoms with Crippen LogP contribution < -0.4 is 16.4 Å². The van der Waals surface area contributed by atoms with E-state index in [1.807, 2.05) is 29.5 Å². The van der Waals surface area contributed by atoms with Crippen LogP contribution in [0.15, 0.2) is 17.5 Å². The highest BCUT2D eigenvalue weighted by atomic mass is 32.1. The number of carbonyl (C=O) groups is 2. The Hall–Kier alpha value is -1.60. The summed E-state index contributed by atoms with van der Waals surface area (Å²) in [6.45, 7) is 1.51. The highest BCUT2D eigenvalue weighted by Gasteiger charge is 2.26. The van der Waals surface area contributed by atoms with Crippen molar-refractivity contribution in [2.45, 2.75) is 31.3 Å². The van der Waals surface area contributed by atoms with E-state index in [1.54, 1.807) is 0 Å². The van der Waals surface area contributed by atoms with Crippen molar-refractivity contribution in [3.05, 3.63) is 22.4 Å². The van der Waals surface area contributed by atoms with Crippen LogP contribution in [-0.4, -0.2) is 43.0 Å². The number of rotatable bonds is 5. The lowest BCUT2D eigenvalue weighted by molar-refractivity contribution is -0.133. The molecule has 0 aliphatic carbocycles. The second-order valence-electron chi connectivity index (χ2n) is 5.25. The first-order chi connectivity index (χ1) is 10.1. The largest absolute Gasteiger partial charge is 0.352 e. The van der Waals surface area contributed by atoms with E-state index in [0.29, 0.717) is 6.04 Å². The van der Waals surface area contributed by atoms with Gasteiger partial charge in [-0.1, -0.05) is 6.07 Å². The Morgan fingerprint density at radius 2 is 2.38 bits per heavy atom. The summed E-state index contributed by atoms with van der Waals surface area (Å²) < 4.78 is 0. The number of carbonyl (C=O) groups excluding carboxylic acids is 2. The van der Waals surface area contributed by atoms with Crippen LogP contribution in [0.5, 0.6) is 0 Å². The number of nitrogens with one attached hydrogen (secondary N) is 2. The molecule has 21 heavy (non-hydrogen) atoms. The van der Waals surface area contributed by atoms with Gasteiger partial charge in [0.1, 0.15) is 0 Å². The van der Waals surface area contributed by atoms with Gasteiger partial charge in [0, 0.05) is 24.0 Å². The molecule has 116 valence electrons. The Balaban J connectivity index is 1.99. The third-order valence-electron chi connectivity index (χ3n) is 3.76. The molecule has 1 aliphatic rings. The van der Waals surface area contributed by atoms with Gasteiger partial charge in [0.15, 0.2) is 0 Å². The first kappa shape index (κ1) is 15.8. The summed E-state index contributed by atoms with van der Waals surface area (Å²) in [4.78, 5) is 26.4. The van der Waals surface area contributed by atoms with Gasteiger partial charge in [-0.05, 0) is 31.3 Å². The highest BCUT2D eigenvalue weighted by Crippen LogP contribution is 2.23. The van der Waals surface area contributed by atoms with Crippen LogP contribution in [0.2, 0.25) is 0 Å². The summed E-state index contributed by atoms with van der Waals surface area (Å²) in [6.07, 6.45) is 2.35. The Morgan fingerprint density at radius 3 is 3.00 bits per heavy atom. The van der Waals surface area contributed by atoms with Crippen molar-refractivity contribution >= 4 is 23.3 Å². The molecule has 1 saturated heterocycles. The average Bonchev–Trinajstić information content (AvgIpc) is 3.00. The van der Waals surface area contributed by atoms with E-state index < -0.39 is 6.03 Å². The molecule has 0 unspecified atom stereocenters. The zero-order valence-corrected chi connectivity index (χ0v) is 13.0. The number of likely N-dealkylation sites (N-methyl/N-ethyl adjacent to an activating group) is 1. The molecule has 1 aliphatic heterocycles. The quantitative estimate of drug-likeness (QED) is 0.760. The Kier molecular flexibility index (Phi) is 5.58. The van der Waals surface area contributed by atoms with Gasteiger partial charge in [-0.3, -0.25) is 4.79 Å². The van der Waals surface area contributed by atoms with Gasteiger partial charge in [-0.15, -0.1) is 11.3 Å². The van der Waals surface area contributed by atoms with Gasteiger partial charge in [-0.25, -0.2) is 4.79 Å². The number of primary amides is 1. The molecule has 1 aromatic heterocycles. The third kappa shape index (κ3) is 4.44. The molecule has 0 saturated carbocycles. The van der Waals surface area contributed by atoms with Gasteiger partial charge in [0.05, 0.1) is 12.5 Å². The molecule has 1 fully saturated rings. The van der Waals surface area contributed by atoms with E-state index in [9.17, 15) is 9.59 Å². The molecular weight excluding hydrogens is 288 g/mol. The third-order valence-corrected chi connectivity index (χ3v) is 4.75. The SMILES string of the molecule is CN[C@H]1CCCN(C(=O)C[C@H](NC(N)=O)c2cccs2)C1. The molecule has 0 spiro atoms. The molecule has 0 bridgehead atoms. The van der Waals surface area contributed by atoms with Crippen LogP contribution in [-0.2, 0) is 4.79 Å². The first-order valence-electron chi connectivity index (χ1n) is 7.14. The number of nitrogens with two attached hydrogens (primary N) is 1. The van der Waals surface area contributed by atoms with Crippen LogP contribution in [0.1, 0.15) is 30.2 Å². The number of piperidine rings is 1. The predicted molar refractivity (Wildman–Crippen MR) is 83.1 cm³/mol. The van der Waals surface area contributed by atoms with Gasteiger partial charge < -0.3 is 21.3 Å². The van der Waals surface area contributed by atoms with Gasteiger partial charge in [0.2, 0.25) is 5.91 Å². The second-order valence-corrected chi connectivity index (χ2v) is 6.23. The fourth-order valence-corrected chi connectivity index (χ4v) is 3.40. The molecule has 3 amide bonds. The van der Waals surface area contributed by atoms with E-state index in [1.165, 1.54) is 11.3 Å². The molecule has 2 atom stereocenters. The summed E-state index contributed by atoms with van der Waals surface area (Å²) >= 11 is 1.51. The molecule has 2 heterocycles. The molecular formula is C14H22N4O2S. The van der Waals surface area contributed by atoms with Crippen molar-refractivity contribution in [1.29, 1.82) is 0 Å². The smallest absolute Gasteiger partial charge is 0.312 e. The van der Waals surface area contributed by atoms with Crippen LogP contribution in [0.4, 0.5) is 4.79 Å². The molecule has 1 aromatic rings. The molecule has 6 nitrogen and oxygen atoms in total. The number of hydrogen-bond donors (Lipinski definition) is 3. The minimum Gasteiger partial charge on any atom is -0.352 e. The molecule has 0 radical (unpaired) electrons. The summed E-state index contributed by atoms with van der Waals surface area (Å²) in [5.41, 5.74) is 5.22. The van der Waals surface area contributed by atoms with Crippen molar-refractivity contribution in [2.75, 3.05) is 20.1 Å². The normalized spacial score (nSPS) is 20.0. The van der Waals surface area contributed by atoms with Gasteiger partial charge in [0.25, 0.3) is 0 Å². The van der Waals surface area contributed by atoms with Crippen LogP contribution in [0.25, 0.3) is 0 Å². The lowest BCUT2D eigenvalue weighted by Gasteiger charge is -2.33. The Bertz CT molecular complexity index is 477. The number of urea groups is 1. The molecule has 4 N–H and O–H groups in total. The van der Waals surface area contributed by atoms with Gasteiger partial charge >= 0.3 is 6.03 Å². The lowest BCUT2D eigenvalue weighted by Crippen LogP contribution is -2.48. The van der Waals surface area contributed by atoms with E-state index >= 15 is 0 Å². The number of nitrogens with zero attached hydrogens (tertiary/aromatic N) is 1. The van der Waals surface area contributed by atoms with Crippen LogP contribution >= 0.6 is 11.3 Å². The van der Waals surface area contributed by atoms with Crippen molar-refractivity contribution in [3.63, 3.8) is 0 Å². The minimum atomic E-state index is -0.604. The molecule has 2 rings (SSSR count). The predicted octanol–water partition coefficient (Wildman–Crippen LogP) is 1.06. The van der Waals surface area contributed by atoms with Gasteiger partial charge in [-0.2, -0.15) is 0 Å². The molecule has 0 aromatic carbocycles. The maximum atomic E-state index is 12.5. The number of hydrogen-bond acceptors (Lipinski definition) is 4. The zero-order valence-electron chi connectivity index (χ0n) is 12.2. The average molecular weight is 310 g/mol. The summed E-state index contributed by atoms with van der Waals surface area (Å²) in [5, 5.41) is 7.81. The maximum Gasteiger partial charge on any atom is 0.312 e. The Morgan fingerprint density at radius 1 is 1.57 bits per heavy atom. The van der Waals surface area contributed by atoms with Crippen LogP contribution in [0, 0.1) is 0 Å². The lowest BCUT2D eigenvalue weighted by atomic mass is 10.0. The van der Waals surface area contributed by atoms with Crippen molar-refractivity contribution in [3.8, 4) is 0 Å². The number of amides is 3. The topological polar surface area (TPSA) is 87.5 Å². The second kappa shape index (κ2) is 7.42. The maximum absolute atomic E-state index is 12.5. The van der Waals surface area contributed by atoms with Crippen molar-refractivity contribution in [1.82, 2.24) is 15.5 Å². The van der Waals surface area contributed by atoms with E-state index in [-0.39, 0.29) is 18.4 Å². The van der Waals surface area contributed by atoms with Crippen molar-refractivity contribution in [2.24, 2.45) is 5.73 Å². The van der Waals surface area contributed by atoms with E-state index in [0.717, 1.165) is 30.8 Å². The number of likely N-dealkylation sites (tertiary alicyclic amines) is 1. The van der Waals surface area contributed by atoms with Crippen LogP contribution in [0.3, 0.4) is 0 Å². The van der Waals surface area contributed by atoms with E-state index in [4.69, 9.17) is 5.73 Å². The minimum absolute atomic E-state index is 0.0575. The monoisotopic (exact) mass is 310 g/mol. The number of thiophene rings is 1. The summed E-state index contributed by atoms with van der Waals surface area (Å²) in [5.74, 6) is 0.0575. The summed E-state index contributed by atoms with van der Waals surface area (Å²) in [6, 6.07) is 3.22. The van der Waals surface area contributed by atoms with Crippen molar-refractivity contribution < 1.29 is 9.59 Å². The Labute approximate surface area is 128 Å². The highest BCUT2D eigenvalue weighted by molar-refractivity contribution is 7.10. The zero-order chi connectivity index (χ0) is 15.2. The molecule has 7 heteroatoms. The summed E-state index contributed by atoms with van der Waals surface area (Å²) in [7, 11) is 1.92. The standard InChI is InChI=1S/C14H22N4O2S/c1-16-10-4-2-6-18(9-10)13(19)8-11(17-14(15)20)12-5-3-7-21-12/h3,5,7,10-11,16H,2,4,6,8-9H2,1H3,(H3,15,17,20)/t10-,11-/m0/s1.